The van der Waals surface area contributed by atoms with Crippen LogP contribution in [0.15, 0.2) is 35.4 Å². The van der Waals surface area contributed by atoms with Crippen molar-refractivity contribution in [2.45, 2.75) is 32.2 Å². The van der Waals surface area contributed by atoms with E-state index in [0.29, 0.717) is 6.07 Å². The summed E-state index contributed by atoms with van der Waals surface area (Å²) in [7, 11) is 0. The highest BCUT2D eigenvalue weighted by molar-refractivity contribution is 5.99. The number of amides is 1. The minimum atomic E-state index is -4.92. The lowest BCUT2D eigenvalue weighted by atomic mass is 10.1. The summed E-state index contributed by atoms with van der Waals surface area (Å²) in [6.45, 7) is 1.08. The molecular weight excluding hydrogens is 401 g/mol. The summed E-state index contributed by atoms with van der Waals surface area (Å²) < 4.78 is 71.2. The van der Waals surface area contributed by atoms with Crippen molar-refractivity contribution < 1.29 is 31.5 Å². The number of pyridine rings is 1. The van der Waals surface area contributed by atoms with Gasteiger partial charge in [-0.1, -0.05) is 18.2 Å². The Balaban J connectivity index is 2.11. The van der Waals surface area contributed by atoms with Crippen LogP contribution >= 0.6 is 0 Å². The lowest BCUT2D eigenvalue weighted by molar-refractivity contribution is -0.137. The van der Waals surface area contributed by atoms with Gasteiger partial charge in [0.2, 0.25) is 5.88 Å². The third-order valence-corrected chi connectivity index (χ3v) is 4.13. The lowest BCUT2D eigenvalue weighted by Gasteiger charge is -2.33. The zero-order valence-electron chi connectivity index (χ0n) is 14.7. The Bertz CT molecular complexity index is 1000. The van der Waals surface area contributed by atoms with Gasteiger partial charge in [0.05, 0.1) is 12.1 Å². The van der Waals surface area contributed by atoms with Gasteiger partial charge in [0.1, 0.15) is 11.5 Å². The molecule has 1 aliphatic rings. The summed E-state index contributed by atoms with van der Waals surface area (Å²) >= 11 is 0. The van der Waals surface area contributed by atoms with Crippen LogP contribution in [0.25, 0.3) is 10.4 Å². The Morgan fingerprint density at radius 3 is 2.69 bits per heavy atom. The van der Waals surface area contributed by atoms with Crippen molar-refractivity contribution in [1.82, 2.24) is 4.98 Å². The van der Waals surface area contributed by atoms with Gasteiger partial charge < -0.3 is 4.74 Å². The topological polar surface area (TPSA) is 91.2 Å². The number of hydrogen-bond donors (Lipinski definition) is 0. The van der Waals surface area contributed by atoms with Gasteiger partial charge in [-0.2, -0.15) is 13.2 Å². The Kier molecular flexibility index (Phi) is 5.29. The van der Waals surface area contributed by atoms with E-state index in [1.54, 1.807) is 0 Å². The molecule has 1 aromatic heterocycles. The van der Waals surface area contributed by atoms with E-state index in [0.717, 1.165) is 11.0 Å². The number of fused-ring (bicyclic) bond motifs is 1. The van der Waals surface area contributed by atoms with Crippen molar-refractivity contribution in [2.75, 3.05) is 4.90 Å². The van der Waals surface area contributed by atoms with Crippen molar-refractivity contribution >= 4 is 17.4 Å². The quantitative estimate of drug-likeness (QED) is 0.295. The SMILES string of the molecule is C[C@H]1Oc2nc(N=[N+]=[N-])c(C(F)(F)F)cc2N(Cc2cccc(C(F)F)c2)C1=O. The van der Waals surface area contributed by atoms with Crippen molar-refractivity contribution in [3.05, 3.63) is 57.5 Å². The van der Waals surface area contributed by atoms with Crippen LogP contribution in [0, 0.1) is 0 Å². The second-order valence-electron chi connectivity index (χ2n) is 6.10. The molecule has 1 aliphatic heterocycles. The van der Waals surface area contributed by atoms with Crippen LogP contribution in [-0.4, -0.2) is 17.0 Å². The van der Waals surface area contributed by atoms with E-state index in [4.69, 9.17) is 10.3 Å². The molecule has 0 saturated carbocycles. The number of carbonyl (C=O) groups is 1. The van der Waals surface area contributed by atoms with E-state index in [1.807, 2.05) is 0 Å². The number of rotatable bonds is 4. The fourth-order valence-electron chi connectivity index (χ4n) is 2.81. The predicted octanol–water partition coefficient (Wildman–Crippen LogP) is 5.29. The van der Waals surface area contributed by atoms with Crippen molar-refractivity contribution in [3.63, 3.8) is 0 Å². The van der Waals surface area contributed by atoms with Gasteiger partial charge >= 0.3 is 6.18 Å². The van der Waals surface area contributed by atoms with Gasteiger partial charge in [-0.15, -0.1) is 0 Å². The normalized spacial score (nSPS) is 16.3. The van der Waals surface area contributed by atoms with E-state index in [-0.39, 0.29) is 29.2 Å². The Morgan fingerprint density at radius 2 is 2.07 bits per heavy atom. The van der Waals surface area contributed by atoms with Crippen molar-refractivity contribution in [3.8, 4) is 5.88 Å². The fraction of sp³-hybridized carbons (Fsp3) is 0.294. The van der Waals surface area contributed by atoms with E-state index >= 15 is 0 Å². The van der Waals surface area contributed by atoms with E-state index in [2.05, 4.69) is 15.0 Å². The zero-order chi connectivity index (χ0) is 21.3. The number of ether oxygens (including phenoxy) is 1. The average molecular weight is 413 g/mol. The second kappa shape index (κ2) is 7.55. The number of carbonyl (C=O) groups excluding carboxylic acids is 1. The maximum absolute atomic E-state index is 13.4. The molecule has 0 N–H and O–H groups in total. The highest BCUT2D eigenvalue weighted by atomic mass is 19.4. The van der Waals surface area contributed by atoms with Gasteiger partial charge in [-0.25, -0.2) is 13.8 Å². The van der Waals surface area contributed by atoms with Crippen molar-refractivity contribution in [2.24, 2.45) is 5.11 Å². The van der Waals surface area contributed by atoms with E-state index in [1.165, 1.54) is 25.1 Å². The molecule has 0 spiro atoms. The summed E-state index contributed by atoms with van der Waals surface area (Å²) in [6.07, 6.45) is -8.76. The number of aromatic nitrogens is 1. The van der Waals surface area contributed by atoms with Crippen LogP contribution in [0.2, 0.25) is 0 Å². The summed E-state index contributed by atoms with van der Waals surface area (Å²) in [5.41, 5.74) is 6.84. The molecule has 0 radical (unpaired) electrons. The van der Waals surface area contributed by atoms with E-state index in [9.17, 15) is 26.7 Å². The van der Waals surface area contributed by atoms with Gasteiger partial charge in [0.25, 0.3) is 12.3 Å². The molecular formula is C17H12F5N5O2. The summed E-state index contributed by atoms with van der Waals surface area (Å²) in [6, 6.07) is 5.76. The molecule has 3 rings (SSSR count). The number of nitrogens with zero attached hydrogens (tertiary/aromatic N) is 5. The fourth-order valence-corrected chi connectivity index (χ4v) is 2.81. The molecule has 152 valence electrons. The Hall–Kier alpha value is -3.40. The molecule has 0 fully saturated rings. The minimum absolute atomic E-state index is 0.278. The van der Waals surface area contributed by atoms with Gasteiger partial charge in [0, 0.05) is 10.5 Å². The molecule has 0 unspecified atom stereocenters. The third-order valence-electron chi connectivity index (χ3n) is 4.13. The second-order valence-corrected chi connectivity index (χ2v) is 6.10. The first kappa shape index (κ1) is 20.3. The standard InChI is InChI=1S/C17H12F5N5O2/c1-8-16(28)27(7-9-3-2-4-10(5-9)13(18)19)12-6-11(17(20,21)22)14(25-26-23)24-15(12)29-8/h2-6,8,13H,7H2,1H3/t8-/m1/s1. The third kappa shape index (κ3) is 4.06. The molecule has 1 amide bonds. The number of anilines is 1. The molecule has 2 aromatic rings. The number of azide groups is 1. The molecule has 2 heterocycles. The van der Waals surface area contributed by atoms with Gasteiger partial charge in [0.15, 0.2) is 6.10 Å². The van der Waals surface area contributed by atoms with Crippen LogP contribution in [0.1, 0.15) is 30.0 Å². The number of alkyl halides is 5. The first-order valence-corrected chi connectivity index (χ1v) is 8.14. The van der Waals surface area contributed by atoms with Crippen LogP contribution in [0.3, 0.4) is 0 Å². The smallest absolute Gasteiger partial charge is 0.418 e. The number of hydrogen-bond acceptors (Lipinski definition) is 4. The summed E-state index contributed by atoms with van der Waals surface area (Å²) in [5, 5.41) is 2.95. The molecule has 7 nitrogen and oxygen atoms in total. The maximum atomic E-state index is 13.4. The number of halogens is 5. The molecule has 0 aliphatic carbocycles. The molecule has 12 heteroatoms. The average Bonchev–Trinajstić information content (AvgIpc) is 2.64. The summed E-state index contributed by atoms with van der Waals surface area (Å²) in [5.74, 6) is -1.95. The highest BCUT2D eigenvalue weighted by Crippen LogP contribution is 2.43. The highest BCUT2D eigenvalue weighted by Gasteiger charge is 2.39. The molecule has 1 aromatic carbocycles. The molecule has 29 heavy (non-hydrogen) atoms. The van der Waals surface area contributed by atoms with Gasteiger partial charge in [-0.05, 0) is 35.3 Å². The lowest BCUT2D eigenvalue weighted by Crippen LogP contribution is -2.44. The summed E-state index contributed by atoms with van der Waals surface area (Å²) in [4.78, 5) is 19.5. The molecule has 1 atom stereocenters. The van der Waals surface area contributed by atoms with Gasteiger partial charge in [-0.3, -0.25) is 9.69 Å². The molecule has 0 bridgehead atoms. The van der Waals surface area contributed by atoms with Crippen LogP contribution < -0.4 is 9.64 Å². The number of benzene rings is 1. The monoisotopic (exact) mass is 413 g/mol. The zero-order valence-corrected chi connectivity index (χ0v) is 14.7. The minimum Gasteiger partial charge on any atom is -0.463 e. The van der Waals surface area contributed by atoms with E-state index < -0.39 is 36.0 Å². The van der Waals surface area contributed by atoms with Crippen molar-refractivity contribution in [1.29, 1.82) is 0 Å². The largest absolute Gasteiger partial charge is 0.463 e. The molecule has 0 saturated heterocycles. The predicted molar refractivity (Wildman–Crippen MR) is 90.7 cm³/mol. The van der Waals surface area contributed by atoms with Crippen LogP contribution in [-0.2, 0) is 17.5 Å². The first-order chi connectivity index (χ1) is 13.6. The van der Waals surface area contributed by atoms with Crippen LogP contribution in [0.4, 0.5) is 33.5 Å². The first-order valence-electron chi connectivity index (χ1n) is 8.14. The Morgan fingerprint density at radius 1 is 1.34 bits per heavy atom. The maximum Gasteiger partial charge on any atom is 0.418 e. The Labute approximate surface area is 160 Å². The van der Waals surface area contributed by atoms with Crippen LogP contribution in [0.5, 0.6) is 5.88 Å².